The van der Waals surface area contributed by atoms with Crippen LogP contribution in [-0.4, -0.2) is 29.1 Å². The average Bonchev–Trinajstić information content (AvgIpc) is 2.39. The van der Waals surface area contributed by atoms with Crippen molar-refractivity contribution in [2.24, 2.45) is 5.92 Å². The molecule has 0 aromatic heterocycles. The Labute approximate surface area is 108 Å². The highest BCUT2D eigenvalue weighted by Gasteiger charge is 2.24. The van der Waals surface area contributed by atoms with Gasteiger partial charge >= 0.3 is 5.97 Å². The lowest BCUT2D eigenvalue weighted by atomic mass is 9.92. The summed E-state index contributed by atoms with van der Waals surface area (Å²) < 4.78 is 0. The lowest BCUT2D eigenvalue weighted by molar-refractivity contribution is -0.138. The number of carboxylic acid groups (broad SMARTS) is 1. The maximum atomic E-state index is 10.7. The first kappa shape index (κ1) is 13.1. The zero-order valence-electron chi connectivity index (χ0n) is 10.9. The average molecular weight is 247 g/mol. The van der Waals surface area contributed by atoms with E-state index >= 15 is 0 Å². The highest BCUT2D eigenvalue weighted by atomic mass is 16.4. The Balaban J connectivity index is 1.88. The van der Waals surface area contributed by atoms with Crippen molar-refractivity contribution in [2.75, 3.05) is 13.1 Å². The largest absolute Gasteiger partial charge is 0.481 e. The minimum atomic E-state index is -0.662. The minimum absolute atomic E-state index is 0.327. The van der Waals surface area contributed by atoms with Crippen LogP contribution >= 0.6 is 0 Å². The van der Waals surface area contributed by atoms with Crippen molar-refractivity contribution >= 4 is 5.97 Å². The zero-order valence-corrected chi connectivity index (χ0v) is 10.9. The van der Waals surface area contributed by atoms with E-state index in [4.69, 9.17) is 5.11 Å². The van der Waals surface area contributed by atoms with Crippen molar-refractivity contribution in [3.63, 3.8) is 0 Å². The van der Waals surface area contributed by atoms with Crippen molar-refractivity contribution in [1.29, 1.82) is 0 Å². The van der Waals surface area contributed by atoms with Gasteiger partial charge in [0.15, 0.2) is 0 Å². The number of likely N-dealkylation sites (tertiary alicyclic amines) is 1. The number of benzene rings is 1. The van der Waals surface area contributed by atoms with Gasteiger partial charge in [-0.2, -0.15) is 0 Å². The van der Waals surface area contributed by atoms with E-state index < -0.39 is 5.97 Å². The van der Waals surface area contributed by atoms with Gasteiger partial charge in [-0.25, -0.2) is 0 Å². The quantitative estimate of drug-likeness (QED) is 0.889. The molecule has 1 unspecified atom stereocenters. The van der Waals surface area contributed by atoms with Crippen LogP contribution in [0.25, 0.3) is 0 Å². The number of carbonyl (C=O) groups is 1. The van der Waals surface area contributed by atoms with E-state index in [1.807, 2.05) is 6.07 Å². The van der Waals surface area contributed by atoms with Crippen LogP contribution < -0.4 is 0 Å². The molecule has 0 amide bonds. The lowest BCUT2D eigenvalue weighted by Gasteiger charge is -2.35. The SMILES string of the molecule is CC(c1ccccc1)N1CCC(CC(=O)O)CC1. The predicted octanol–water partition coefficient (Wildman–Crippen LogP) is 2.93. The van der Waals surface area contributed by atoms with Crippen LogP contribution in [0.3, 0.4) is 0 Å². The Morgan fingerprint density at radius 1 is 1.33 bits per heavy atom. The van der Waals surface area contributed by atoms with Gasteiger partial charge in [-0.3, -0.25) is 9.69 Å². The molecule has 0 bridgehead atoms. The fourth-order valence-corrected chi connectivity index (χ4v) is 2.73. The summed E-state index contributed by atoms with van der Waals surface area (Å²) in [6.45, 7) is 4.24. The van der Waals surface area contributed by atoms with Crippen LogP contribution in [-0.2, 0) is 4.79 Å². The molecule has 1 heterocycles. The summed E-state index contributed by atoms with van der Waals surface area (Å²) in [4.78, 5) is 13.1. The maximum Gasteiger partial charge on any atom is 0.303 e. The Hall–Kier alpha value is -1.35. The third-order valence-electron chi connectivity index (χ3n) is 3.94. The summed E-state index contributed by atoms with van der Waals surface area (Å²) in [5.41, 5.74) is 1.34. The molecule has 3 heteroatoms. The number of hydrogen-bond acceptors (Lipinski definition) is 2. The minimum Gasteiger partial charge on any atom is -0.481 e. The van der Waals surface area contributed by atoms with Gasteiger partial charge in [0.05, 0.1) is 0 Å². The van der Waals surface area contributed by atoms with Gasteiger partial charge in [-0.1, -0.05) is 30.3 Å². The second-order valence-electron chi connectivity index (χ2n) is 5.16. The van der Waals surface area contributed by atoms with Crippen LogP contribution in [0.15, 0.2) is 30.3 Å². The topological polar surface area (TPSA) is 40.5 Å². The molecular weight excluding hydrogens is 226 g/mol. The normalized spacial score (nSPS) is 19.6. The molecule has 1 aliphatic heterocycles. The highest BCUT2D eigenvalue weighted by molar-refractivity contribution is 5.67. The predicted molar refractivity (Wildman–Crippen MR) is 71.4 cm³/mol. The van der Waals surface area contributed by atoms with Gasteiger partial charge in [0.1, 0.15) is 0 Å². The molecule has 1 fully saturated rings. The highest BCUT2D eigenvalue weighted by Crippen LogP contribution is 2.27. The second kappa shape index (κ2) is 6.01. The molecule has 0 aliphatic carbocycles. The molecule has 1 saturated heterocycles. The molecule has 1 N–H and O–H groups in total. The van der Waals surface area contributed by atoms with Gasteiger partial charge in [-0.15, -0.1) is 0 Å². The van der Waals surface area contributed by atoms with Crippen LogP contribution in [0.1, 0.15) is 37.8 Å². The van der Waals surface area contributed by atoms with Crippen LogP contribution in [0.5, 0.6) is 0 Å². The Morgan fingerprint density at radius 2 is 1.94 bits per heavy atom. The molecule has 0 radical (unpaired) electrons. The van der Waals surface area contributed by atoms with Crippen LogP contribution in [0.4, 0.5) is 0 Å². The third kappa shape index (κ3) is 3.33. The maximum absolute atomic E-state index is 10.7. The Kier molecular flexibility index (Phi) is 4.37. The molecule has 1 aromatic rings. The number of piperidine rings is 1. The number of aliphatic carboxylic acids is 1. The lowest BCUT2D eigenvalue weighted by Crippen LogP contribution is -2.36. The summed E-state index contributed by atoms with van der Waals surface area (Å²) in [7, 11) is 0. The van der Waals surface area contributed by atoms with Crippen molar-refractivity contribution in [1.82, 2.24) is 4.90 Å². The fraction of sp³-hybridized carbons (Fsp3) is 0.533. The zero-order chi connectivity index (χ0) is 13.0. The smallest absolute Gasteiger partial charge is 0.303 e. The Morgan fingerprint density at radius 3 is 2.50 bits per heavy atom. The molecule has 18 heavy (non-hydrogen) atoms. The van der Waals surface area contributed by atoms with Crippen LogP contribution in [0.2, 0.25) is 0 Å². The Bertz CT molecular complexity index is 383. The standard InChI is InChI=1S/C15H21NO2/c1-12(14-5-3-2-4-6-14)16-9-7-13(8-10-16)11-15(17)18/h2-6,12-13H,7-11H2,1H3,(H,17,18). The number of rotatable bonds is 4. The van der Waals surface area contributed by atoms with Gasteiger partial charge in [0, 0.05) is 12.5 Å². The van der Waals surface area contributed by atoms with E-state index in [-0.39, 0.29) is 0 Å². The first-order valence-corrected chi connectivity index (χ1v) is 6.67. The summed E-state index contributed by atoms with van der Waals surface area (Å²) in [5, 5.41) is 8.81. The number of carboxylic acids is 1. The number of nitrogens with zero attached hydrogens (tertiary/aromatic N) is 1. The monoisotopic (exact) mass is 247 g/mol. The van der Waals surface area contributed by atoms with Crippen molar-refractivity contribution in [3.05, 3.63) is 35.9 Å². The molecule has 1 atom stereocenters. The molecule has 1 aliphatic rings. The summed E-state index contributed by atoms with van der Waals surface area (Å²) >= 11 is 0. The summed E-state index contributed by atoms with van der Waals surface area (Å²) in [5.74, 6) is -0.300. The first-order valence-electron chi connectivity index (χ1n) is 6.67. The summed E-state index contributed by atoms with van der Waals surface area (Å²) in [6.07, 6.45) is 2.33. The second-order valence-corrected chi connectivity index (χ2v) is 5.16. The van der Waals surface area contributed by atoms with E-state index in [2.05, 4.69) is 36.1 Å². The van der Waals surface area contributed by atoms with Gasteiger partial charge in [0.25, 0.3) is 0 Å². The van der Waals surface area contributed by atoms with Crippen molar-refractivity contribution in [3.8, 4) is 0 Å². The van der Waals surface area contributed by atoms with E-state index in [1.165, 1.54) is 5.56 Å². The molecule has 98 valence electrons. The van der Waals surface area contributed by atoms with E-state index in [0.29, 0.717) is 18.4 Å². The first-order chi connectivity index (χ1) is 8.66. The van der Waals surface area contributed by atoms with Crippen molar-refractivity contribution < 1.29 is 9.90 Å². The van der Waals surface area contributed by atoms with Crippen molar-refractivity contribution in [2.45, 2.75) is 32.2 Å². The molecular formula is C15H21NO2. The van der Waals surface area contributed by atoms with E-state index in [0.717, 1.165) is 25.9 Å². The third-order valence-corrected chi connectivity index (χ3v) is 3.94. The van der Waals surface area contributed by atoms with Gasteiger partial charge < -0.3 is 5.11 Å². The fourth-order valence-electron chi connectivity index (χ4n) is 2.73. The molecule has 3 nitrogen and oxygen atoms in total. The van der Waals surface area contributed by atoms with E-state index in [1.54, 1.807) is 0 Å². The molecule has 0 saturated carbocycles. The molecule has 0 spiro atoms. The molecule has 1 aromatic carbocycles. The van der Waals surface area contributed by atoms with Gasteiger partial charge in [-0.05, 0) is 44.3 Å². The van der Waals surface area contributed by atoms with Crippen LogP contribution in [0, 0.1) is 5.92 Å². The summed E-state index contributed by atoms with van der Waals surface area (Å²) in [6, 6.07) is 10.9. The van der Waals surface area contributed by atoms with Gasteiger partial charge in [0.2, 0.25) is 0 Å². The molecule has 2 rings (SSSR count). The number of hydrogen-bond donors (Lipinski definition) is 1. The van der Waals surface area contributed by atoms with E-state index in [9.17, 15) is 4.79 Å².